The second-order valence-electron chi connectivity index (χ2n) is 5.88. The van der Waals surface area contributed by atoms with Crippen molar-refractivity contribution in [3.63, 3.8) is 0 Å². The first-order chi connectivity index (χ1) is 12.5. The number of benzene rings is 2. The van der Waals surface area contributed by atoms with E-state index in [0.29, 0.717) is 16.8 Å². The smallest absolute Gasteiger partial charge is 0.338 e. The molecule has 0 spiro atoms. The van der Waals surface area contributed by atoms with Crippen LogP contribution in [0.3, 0.4) is 0 Å². The van der Waals surface area contributed by atoms with Crippen molar-refractivity contribution in [1.29, 1.82) is 0 Å². The van der Waals surface area contributed by atoms with Crippen molar-refractivity contribution in [1.82, 2.24) is 15.2 Å². The largest absolute Gasteiger partial charge is 0.459 e. The highest BCUT2D eigenvalue weighted by Crippen LogP contribution is 2.16. The quantitative estimate of drug-likeness (QED) is 0.686. The number of hydrogen-bond donors (Lipinski definition) is 2. The van der Waals surface area contributed by atoms with Crippen molar-refractivity contribution >= 4 is 17.6 Å². The number of aromatic nitrogens is 3. The van der Waals surface area contributed by atoms with Crippen LogP contribution in [0.1, 0.15) is 24.2 Å². The number of H-pyrrole nitrogens is 1. The number of carbonyl (C=O) groups excluding carboxylic acids is 1. The number of nitrogens with one attached hydrogen (secondary N) is 2. The molecular weight excluding hydrogens is 332 g/mol. The van der Waals surface area contributed by atoms with Crippen LogP contribution >= 0.6 is 0 Å². The summed E-state index contributed by atoms with van der Waals surface area (Å²) < 4.78 is 5.17. The molecule has 0 unspecified atom stereocenters. The average Bonchev–Trinajstić information content (AvgIpc) is 2.62. The summed E-state index contributed by atoms with van der Waals surface area (Å²) in [6, 6.07) is 15.8. The minimum atomic E-state index is -0.414. The molecule has 7 heteroatoms. The lowest BCUT2D eigenvalue weighted by Crippen LogP contribution is -2.15. The van der Waals surface area contributed by atoms with Crippen molar-refractivity contribution < 1.29 is 9.53 Å². The van der Waals surface area contributed by atoms with E-state index in [9.17, 15) is 9.59 Å². The van der Waals surface area contributed by atoms with E-state index >= 15 is 0 Å². The molecular formula is C19H18N4O3. The average molecular weight is 350 g/mol. The van der Waals surface area contributed by atoms with Gasteiger partial charge in [-0.2, -0.15) is 0 Å². The first-order valence-electron chi connectivity index (χ1n) is 8.13. The molecule has 0 aliphatic rings. The number of hydrogen-bond acceptors (Lipinski definition) is 6. The predicted octanol–water partition coefficient (Wildman–Crippen LogP) is 3.14. The van der Waals surface area contributed by atoms with E-state index in [1.54, 1.807) is 50.2 Å². The van der Waals surface area contributed by atoms with Crippen molar-refractivity contribution in [3.8, 4) is 11.3 Å². The third-order valence-corrected chi connectivity index (χ3v) is 3.45. The van der Waals surface area contributed by atoms with Crippen LogP contribution in [0.15, 0.2) is 59.4 Å². The first kappa shape index (κ1) is 17.3. The van der Waals surface area contributed by atoms with Gasteiger partial charge in [-0.15, -0.1) is 10.2 Å². The number of anilines is 2. The number of rotatable bonds is 5. The Labute approximate surface area is 150 Å². The van der Waals surface area contributed by atoms with Crippen LogP contribution in [-0.4, -0.2) is 27.3 Å². The zero-order chi connectivity index (χ0) is 18.5. The lowest BCUT2D eigenvalue weighted by atomic mass is 10.2. The Morgan fingerprint density at radius 3 is 2.54 bits per heavy atom. The molecule has 7 nitrogen and oxygen atoms in total. The van der Waals surface area contributed by atoms with Crippen LogP contribution in [0.2, 0.25) is 0 Å². The van der Waals surface area contributed by atoms with Gasteiger partial charge in [0.1, 0.15) is 0 Å². The van der Waals surface area contributed by atoms with Gasteiger partial charge in [-0.3, -0.25) is 9.78 Å². The molecule has 0 saturated carbocycles. The van der Waals surface area contributed by atoms with E-state index in [-0.39, 0.29) is 23.3 Å². The maximum absolute atomic E-state index is 12.3. The normalized spacial score (nSPS) is 10.6. The molecule has 0 aliphatic carbocycles. The Balaban J connectivity index is 1.81. The second kappa shape index (κ2) is 7.60. The summed E-state index contributed by atoms with van der Waals surface area (Å²) in [7, 11) is 0. The Morgan fingerprint density at radius 2 is 1.85 bits per heavy atom. The standard InChI is InChI=1S/C19H18N4O3/c1-12(2)26-18(25)14-9-6-10-15(11-14)20-19-21-17(24)16(22-23-19)13-7-4-3-5-8-13/h3-12H,1-2H3,(H2,20,21,23,24). The summed E-state index contributed by atoms with van der Waals surface area (Å²) in [5.41, 5.74) is 1.56. The summed E-state index contributed by atoms with van der Waals surface area (Å²) in [5.74, 6) is -0.230. The Bertz CT molecular complexity index is 968. The number of aromatic amines is 1. The molecule has 0 aliphatic heterocycles. The molecule has 1 aromatic heterocycles. The lowest BCUT2D eigenvalue weighted by Gasteiger charge is -2.10. The van der Waals surface area contributed by atoms with Crippen molar-refractivity contribution in [3.05, 3.63) is 70.5 Å². The summed E-state index contributed by atoms with van der Waals surface area (Å²) in [4.78, 5) is 26.9. The number of carbonyl (C=O) groups is 1. The minimum Gasteiger partial charge on any atom is -0.459 e. The van der Waals surface area contributed by atoms with Gasteiger partial charge in [0, 0.05) is 11.3 Å². The van der Waals surface area contributed by atoms with Crippen LogP contribution in [0.25, 0.3) is 11.3 Å². The molecule has 1 heterocycles. The molecule has 3 aromatic rings. The molecule has 2 aromatic carbocycles. The Hall–Kier alpha value is -3.48. The zero-order valence-electron chi connectivity index (χ0n) is 14.4. The number of nitrogens with zero attached hydrogens (tertiary/aromatic N) is 2. The van der Waals surface area contributed by atoms with Gasteiger partial charge in [-0.25, -0.2) is 4.79 Å². The molecule has 132 valence electrons. The van der Waals surface area contributed by atoms with Crippen LogP contribution in [0.5, 0.6) is 0 Å². The highest BCUT2D eigenvalue weighted by molar-refractivity contribution is 5.90. The van der Waals surface area contributed by atoms with Crippen LogP contribution in [0, 0.1) is 0 Å². The summed E-state index contributed by atoms with van der Waals surface area (Å²) in [5, 5.41) is 10.9. The summed E-state index contributed by atoms with van der Waals surface area (Å²) in [6.07, 6.45) is -0.202. The molecule has 0 radical (unpaired) electrons. The fraction of sp³-hybridized carbons (Fsp3) is 0.158. The topological polar surface area (TPSA) is 97.0 Å². The maximum Gasteiger partial charge on any atom is 0.338 e. The van der Waals surface area contributed by atoms with E-state index in [0.717, 1.165) is 0 Å². The fourth-order valence-corrected chi connectivity index (χ4v) is 2.32. The third kappa shape index (κ3) is 4.13. The van der Waals surface area contributed by atoms with Gasteiger partial charge in [0.2, 0.25) is 5.95 Å². The van der Waals surface area contributed by atoms with E-state index in [1.807, 2.05) is 18.2 Å². The molecule has 0 atom stereocenters. The van der Waals surface area contributed by atoms with Crippen molar-refractivity contribution in [2.45, 2.75) is 20.0 Å². The predicted molar refractivity (Wildman–Crippen MR) is 98.4 cm³/mol. The monoisotopic (exact) mass is 350 g/mol. The molecule has 0 amide bonds. The van der Waals surface area contributed by atoms with Crippen LogP contribution in [0.4, 0.5) is 11.6 Å². The van der Waals surface area contributed by atoms with Crippen molar-refractivity contribution in [2.24, 2.45) is 0 Å². The number of esters is 1. The van der Waals surface area contributed by atoms with Gasteiger partial charge in [-0.05, 0) is 32.0 Å². The van der Waals surface area contributed by atoms with Gasteiger partial charge < -0.3 is 10.1 Å². The van der Waals surface area contributed by atoms with E-state index in [4.69, 9.17) is 4.74 Å². The second-order valence-corrected chi connectivity index (χ2v) is 5.88. The van der Waals surface area contributed by atoms with Crippen molar-refractivity contribution in [2.75, 3.05) is 5.32 Å². The van der Waals surface area contributed by atoms with Gasteiger partial charge in [0.25, 0.3) is 5.56 Å². The molecule has 26 heavy (non-hydrogen) atoms. The Morgan fingerprint density at radius 1 is 1.08 bits per heavy atom. The summed E-state index contributed by atoms with van der Waals surface area (Å²) in [6.45, 7) is 3.57. The van der Waals surface area contributed by atoms with Gasteiger partial charge in [0.15, 0.2) is 5.69 Å². The van der Waals surface area contributed by atoms with Gasteiger partial charge in [0.05, 0.1) is 11.7 Å². The highest BCUT2D eigenvalue weighted by atomic mass is 16.5. The SMILES string of the molecule is CC(C)OC(=O)c1cccc(Nc2nnc(-c3ccccc3)c(=O)[nH]2)c1. The van der Waals surface area contributed by atoms with Gasteiger partial charge >= 0.3 is 5.97 Å². The number of ether oxygens (including phenoxy) is 1. The van der Waals surface area contributed by atoms with Crippen LogP contribution < -0.4 is 10.9 Å². The minimum absolute atomic E-state index is 0.184. The summed E-state index contributed by atoms with van der Waals surface area (Å²) >= 11 is 0. The molecule has 0 fully saturated rings. The lowest BCUT2D eigenvalue weighted by molar-refractivity contribution is 0.0378. The van der Waals surface area contributed by atoms with Gasteiger partial charge in [-0.1, -0.05) is 36.4 Å². The van der Waals surface area contributed by atoms with Crippen LogP contribution in [-0.2, 0) is 4.74 Å². The van der Waals surface area contributed by atoms with E-state index in [1.165, 1.54) is 0 Å². The van der Waals surface area contributed by atoms with E-state index < -0.39 is 5.97 Å². The zero-order valence-corrected chi connectivity index (χ0v) is 14.4. The molecule has 2 N–H and O–H groups in total. The third-order valence-electron chi connectivity index (χ3n) is 3.45. The fourth-order valence-electron chi connectivity index (χ4n) is 2.32. The molecule has 0 saturated heterocycles. The Kier molecular flexibility index (Phi) is 5.07. The first-order valence-corrected chi connectivity index (χ1v) is 8.13. The highest BCUT2D eigenvalue weighted by Gasteiger charge is 2.11. The molecule has 0 bridgehead atoms. The maximum atomic E-state index is 12.3. The van der Waals surface area contributed by atoms with E-state index in [2.05, 4.69) is 20.5 Å². The molecule has 3 rings (SSSR count).